The Labute approximate surface area is 261 Å². The third-order valence-corrected chi connectivity index (χ3v) is 10.1. The Hall–Kier alpha value is -3.43. The Morgan fingerprint density at radius 1 is 1.02 bits per heavy atom. The second kappa shape index (κ2) is 12.9. The molecule has 9 heteroatoms. The minimum atomic E-state index is -1.16. The van der Waals surface area contributed by atoms with Crippen molar-refractivity contribution < 1.29 is 24.2 Å². The zero-order valence-corrected chi connectivity index (χ0v) is 26.7. The topological polar surface area (TPSA) is 111 Å². The van der Waals surface area contributed by atoms with Crippen LogP contribution < -0.4 is 15.5 Å². The largest absolute Gasteiger partial charge is 0.394 e. The van der Waals surface area contributed by atoms with Gasteiger partial charge in [-0.2, -0.15) is 0 Å². The fourth-order valence-corrected chi connectivity index (χ4v) is 8.02. The molecule has 0 aliphatic carbocycles. The lowest BCUT2D eigenvalue weighted by atomic mass is 9.65. The molecule has 0 saturated carbocycles. The molecule has 238 valence electrons. The SMILES string of the molecule is CCN(CC)c1ccc(NC(=O)C2N([C@@H](CO)CC(C)C)C(=O)[C@@H]3[C@H](C(=O)NCc4ccccc4)[C@]4(CC)CCC23O4)cc1. The van der Waals surface area contributed by atoms with E-state index in [1.807, 2.05) is 75.4 Å². The third kappa shape index (κ3) is 5.49. The number of nitrogens with one attached hydrogen (secondary N) is 2. The molecule has 3 aliphatic heterocycles. The number of aliphatic hydroxyl groups is 1. The maximum atomic E-state index is 14.5. The first-order valence-corrected chi connectivity index (χ1v) is 16.2. The molecular formula is C35H48N4O5. The smallest absolute Gasteiger partial charge is 0.250 e. The number of amides is 3. The Kier molecular flexibility index (Phi) is 9.37. The first-order chi connectivity index (χ1) is 21.1. The normalized spacial score (nSPS) is 27.8. The number of likely N-dealkylation sites (tertiary alicyclic amines) is 1. The van der Waals surface area contributed by atoms with Crippen LogP contribution in [0, 0.1) is 17.8 Å². The number of nitrogens with zero attached hydrogens (tertiary/aromatic N) is 2. The number of carbonyl (C=O) groups excluding carboxylic acids is 3. The molecule has 2 aromatic carbocycles. The van der Waals surface area contributed by atoms with E-state index in [0.717, 1.165) is 24.3 Å². The van der Waals surface area contributed by atoms with E-state index in [9.17, 15) is 19.5 Å². The van der Waals surface area contributed by atoms with E-state index in [0.29, 0.717) is 37.9 Å². The van der Waals surface area contributed by atoms with E-state index < -0.39 is 35.1 Å². The number of aliphatic hydroxyl groups excluding tert-OH is 1. The number of ether oxygens (including phenoxy) is 1. The summed E-state index contributed by atoms with van der Waals surface area (Å²) in [5.74, 6) is -2.22. The molecule has 3 N–H and O–H groups in total. The minimum absolute atomic E-state index is 0.179. The second-order valence-corrected chi connectivity index (χ2v) is 13.0. The molecule has 3 aliphatic rings. The van der Waals surface area contributed by atoms with Gasteiger partial charge in [-0.15, -0.1) is 0 Å². The van der Waals surface area contributed by atoms with Gasteiger partial charge in [-0.25, -0.2) is 0 Å². The predicted molar refractivity (Wildman–Crippen MR) is 171 cm³/mol. The van der Waals surface area contributed by atoms with Gasteiger partial charge in [-0.3, -0.25) is 14.4 Å². The van der Waals surface area contributed by atoms with Gasteiger partial charge < -0.3 is 30.3 Å². The van der Waals surface area contributed by atoms with Crippen molar-refractivity contribution in [2.45, 2.75) is 90.1 Å². The van der Waals surface area contributed by atoms with Gasteiger partial charge in [-0.1, -0.05) is 51.1 Å². The summed E-state index contributed by atoms with van der Waals surface area (Å²) in [5.41, 5.74) is 0.665. The van der Waals surface area contributed by atoms with Gasteiger partial charge in [0.05, 0.1) is 30.1 Å². The molecule has 6 atom stereocenters. The number of fused-ring (bicyclic) bond motifs is 1. The number of rotatable bonds is 13. The summed E-state index contributed by atoms with van der Waals surface area (Å²) in [6, 6.07) is 15.8. The Morgan fingerprint density at radius 2 is 1.70 bits per heavy atom. The number of hydrogen-bond acceptors (Lipinski definition) is 6. The van der Waals surface area contributed by atoms with E-state index in [1.54, 1.807) is 4.90 Å². The summed E-state index contributed by atoms with van der Waals surface area (Å²) in [6.45, 7) is 12.1. The van der Waals surface area contributed by atoms with Gasteiger partial charge in [0.1, 0.15) is 11.6 Å². The van der Waals surface area contributed by atoms with Crippen molar-refractivity contribution >= 4 is 29.1 Å². The summed E-state index contributed by atoms with van der Waals surface area (Å²) in [5, 5.41) is 16.7. The fourth-order valence-electron chi connectivity index (χ4n) is 8.02. The van der Waals surface area contributed by atoms with E-state index >= 15 is 0 Å². The molecule has 2 bridgehead atoms. The van der Waals surface area contributed by atoms with Crippen molar-refractivity contribution in [3.8, 4) is 0 Å². The number of carbonyl (C=O) groups is 3. The average molecular weight is 605 g/mol. The van der Waals surface area contributed by atoms with Crippen molar-refractivity contribution in [2.24, 2.45) is 17.8 Å². The zero-order chi connectivity index (χ0) is 31.6. The maximum Gasteiger partial charge on any atom is 0.250 e. The van der Waals surface area contributed by atoms with Crippen molar-refractivity contribution in [3.05, 3.63) is 60.2 Å². The van der Waals surface area contributed by atoms with Crippen molar-refractivity contribution in [1.82, 2.24) is 10.2 Å². The van der Waals surface area contributed by atoms with Crippen molar-refractivity contribution in [3.63, 3.8) is 0 Å². The highest BCUT2D eigenvalue weighted by Crippen LogP contribution is 2.64. The molecule has 2 unspecified atom stereocenters. The first kappa shape index (κ1) is 32.0. The molecule has 9 nitrogen and oxygen atoms in total. The molecule has 1 spiro atoms. The van der Waals surface area contributed by atoms with E-state index in [4.69, 9.17) is 4.74 Å². The average Bonchev–Trinajstić information content (AvgIpc) is 3.64. The second-order valence-electron chi connectivity index (χ2n) is 13.0. The van der Waals surface area contributed by atoms with Crippen LogP contribution in [-0.4, -0.2) is 70.7 Å². The molecule has 0 radical (unpaired) electrons. The Balaban J connectivity index is 1.49. The molecule has 44 heavy (non-hydrogen) atoms. The lowest BCUT2D eigenvalue weighted by Gasteiger charge is -2.38. The van der Waals surface area contributed by atoms with E-state index in [2.05, 4.69) is 29.4 Å². The van der Waals surface area contributed by atoms with Crippen LogP contribution in [0.4, 0.5) is 11.4 Å². The van der Waals surface area contributed by atoms with Crippen LogP contribution >= 0.6 is 0 Å². The van der Waals surface area contributed by atoms with Gasteiger partial charge in [0.2, 0.25) is 17.7 Å². The Bertz CT molecular complexity index is 1330. The number of anilines is 2. The number of benzene rings is 2. The lowest BCUT2D eigenvalue weighted by Crippen LogP contribution is -2.56. The van der Waals surface area contributed by atoms with Crippen molar-refractivity contribution in [2.75, 3.05) is 29.9 Å². The van der Waals surface area contributed by atoms with Crippen LogP contribution in [0.25, 0.3) is 0 Å². The van der Waals surface area contributed by atoms with Crippen LogP contribution in [-0.2, 0) is 25.7 Å². The molecule has 3 fully saturated rings. The lowest BCUT2D eigenvalue weighted by molar-refractivity contribution is -0.149. The maximum absolute atomic E-state index is 14.5. The van der Waals surface area contributed by atoms with Gasteiger partial charge in [0, 0.05) is 31.0 Å². The highest BCUT2D eigenvalue weighted by atomic mass is 16.5. The summed E-state index contributed by atoms with van der Waals surface area (Å²) >= 11 is 0. The van der Waals surface area contributed by atoms with E-state index in [1.165, 1.54) is 0 Å². The summed E-state index contributed by atoms with van der Waals surface area (Å²) in [6.07, 6.45) is 2.16. The van der Waals surface area contributed by atoms with Crippen LogP contribution in [0.2, 0.25) is 0 Å². The summed E-state index contributed by atoms with van der Waals surface area (Å²) in [7, 11) is 0. The molecule has 0 aromatic heterocycles. The molecule has 3 heterocycles. The first-order valence-electron chi connectivity index (χ1n) is 16.2. The van der Waals surface area contributed by atoms with Gasteiger partial charge in [0.15, 0.2) is 0 Å². The molecule has 3 saturated heterocycles. The van der Waals surface area contributed by atoms with Crippen LogP contribution in [0.5, 0.6) is 0 Å². The third-order valence-electron chi connectivity index (χ3n) is 10.1. The zero-order valence-electron chi connectivity index (χ0n) is 26.7. The molecule has 5 rings (SSSR count). The van der Waals surface area contributed by atoms with Gasteiger partial charge in [0.25, 0.3) is 0 Å². The van der Waals surface area contributed by atoms with Crippen LogP contribution in [0.3, 0.4) is 0 Å². The minimum Gasteiger partial charge on any atom is -0.394 e. The predicted octanol–water partition coefficient (Wildman–Crippen LogP) is 4.35. The van der Waals surface area contributed by atoms with E-state index in [-0.39, 0.29) is 30.2 Å². The molecular weight excluding hydrogens is 556 g/mol. The fraction of sp³-hybridized carbons (Fsp3) is 0.571. The summed E-state index contributed by atoms with van der Waals surface area (Å²) in [4.78, 5) is 46.6. The van der Waals surface area contributed by atoms with Crippen LogP contribution in [0.1, 0.15) is 65.9 Å². The van der Waals surface area contributed by atoms with Crippen molar-refractivity contribution in [1.29, 1.82) is 0 Å². The highest BCUT2D eigenvalue weighted by Gasteiger charge is 2.79. The Morgan fingerprint density at radius 3 is 2.30 bits per heavy atom. The van der Waals surface area contributed by atoms with Gasteiger partial charge in [-0.05, 0) is 75.3 Å². The van der Waals surface area contributed by atoms with Gasteiger partial charge >= 0.3 is 0 Å². The highest BCUT2D eigenvalue weighted by molar-refractivity contribution is 6.04. The monoisotopic (exact) mass is 604 g/mol. The van der Waals surface area contributed by atoms with Crippen LogP contribution in [0.15, 0.2) is 54.6 Å². The quantitative estimate of drug-likeness (QED) is 0.314. The molecule has 3 amide bonds. The number of hydrogen-bond donors (Lipinski definition) is 3. The summed E-state index contributed by atoms with van der Waals surface area (Å²) < 4.78 is 6.89. The standard InChI is InChI=1S/C35H48N4O5/c1-6-34-18-19-35(44-34)29(28(34)31(41)36-21-24-12-10-9-11-13-24)33(43)39(27(22-40)20-23(4)5)30(35)32(42)37-25-14-16-26(17-15-25)38(7-2)8-3/h9-17,23,27-30,40H,6-8,18-22H2,1-5H3,(H,36,41)(H,37,42)/t27-,28-,29+,30?,34+,35?/m1/s1. The molecule has 2 aromatic rings.